The SMILES string of the molecule is O=C(O)[C@@H]1CC[C@H](C(=O)Nc2ccc3nc(-c4ccco4)[nH]c3c2)C1. The molecule has 7 nitrogen and oxygen atoms in total. The Labute approximate surface area is 143 Å². The van der Waals surface area contributed by atoms with Crippen LogP contribution in [0.25, 0.3) is 22.6 Å². The highest BCUT2D eigenvalue weighted by Crippen LogP contribution is 2.32. The van der Waals surface area contributed by atoms with E-state index in [1.807, 2.05) is 18.2 Å². The van der Waals surface area contributed by atoms with Crippen molar-refractivity contribution in [1.82, 2.24) is 9.97 Å². The van der Waals surface area contributed by atoms with Crippen molar-refractivity contribution in [2.24, 2.45) is 11.8 Å². The van der Waals surface area contributed by atoms with Crippen LogP contribution in [0.1, 0.15) is 19.3 Å². The first-order valence-corrected chi connectivity index (χ1v) is 8.17. The third-order valence-corrected chi connectivity index (χ3v) is 4.66. The molecule has 4 rings (SSSR count). The molecule has 0 radical (unpaired) electrons. The number of carbonyl (C=O) groups excluding carboxylic acids is 1. The number of nitrogens with zero attached hydrogens (tertiary/aromatic N) is 1. The first kappa shape index (κ1) is 15.4. The average molecular weight is 339 g/mol. The number of rotatable bonds is 4. The smallest absolute Gasteiger partial charge is 0.306 e. The monoisotopic (exact) mass is 339 g/mol. The molecule has 1 fully saturated rings. The maximum Gasteiger partial charge on any atom is 0.306 e. The number of carbonyl (C=O) groups is 2. The number of imidazole rings is 1. The Balaban J connectivity index is 1.50. The third kappa shape index (κ3) is 3.00. The quantitative estimate of drug-likeness (QED) is 0.676. The average Bonchev–Trinajstić information content (AvgIpc) is 3.33. The summed E-state index contributed by atoms with van der Waals surface area (Å²) in [5.74, 6) is -0.344. The van der Waals surface area contributed by atoms with Crippen molar-refractivity contribution < 1.29 is 19.1 Å². The van der Waals surface area contributed by atoms with Crippen LogP contribution in [0.4, 0.5) is 5.69 Å². The minimum Gasteiger partial charge on any atom is -0.481 e. The van der Waals surface area contributed by atoms with Crippen LogP contribution in [-0.4, -0.2) is 27.0 Å². The van der Waals surface area contributed by atoms with Crippen LogP contribution in [-0.2, 0) is 9.59 Å². The molecule has 1 aliphatic rings. The Morgan fingerprint density at radius 3 is 2.80 bits per heavy atom. The van der Waals surface area contributed by atoms with Gasteiger partial charge in [-0.05, 0) is 49.6 Å². The molecule has 0 unspecified atom stereocenters. The van der Waals surface area contributed by atoms with Crippen LogP contribution in [0.15, 0.2) is 41.0 Å². The maximum absolute atomic E-state index is 12.4. The number of amides is 1. The number of hydrogen-bond donors (Lipinski definition) is 3. The molecule has 1 saturated carbocycles. The molecule has 0 spiro atoms. The van der Waals surface area contributed by atoms with E-state index >= 15 is 0 Å². The number of carboxylic acids is 1. The fourth-order valence-corrected chi connectivity index (χ4v) is 3.31. The van der Waals surface area contributed by atoms with Crippen LogP contribution in [0.3, 0.4) is 0 Å². The zero-order chi connectivity index (χ0) is 17.4. The van der Waals surface area contributed by atoms with Crippen LogP contribution < -0.4 is 5.32 Å². The van der Waals surface area contributed by atoms with Crippen LogP contribution >= 0.6 is 0 Å². The molecule has 2 atom stereocenters. The molecular formula is C18H17N3O4. The standard InChI is InChI=1S/C18H17N3O4/c22-17(10-3-4-11(8-10)18(23)24)19-12-5-6-13-14(9-12)21-16(20-13)15-2-1-7-25-15/h1-2,5-7,9-11H,3-4,8H2,(H,19,22)(H,20,21)(H,23,24)/t10-,11+/m0/s1. The lowest BCUT2D eigenvalue weighted by atomic mass is 10.0. The minimum atomic E-state index is -0.820. The Kier molecular flexibility index (Phi) is 3.76. The Morgan fingerprint density at radius 2 is 2.08 bits per heavy atom. The minimum absolute atomic E-state index is 0.131. The predicted molar refractivity (Wildman–Crippen MR) is 90.9 cm³/mol. The lowest BCUT2D eigenvalue weighted by Crippen LogP contribution is -2.21. The highest BCUT2D eigenvalue weighted by atomic mass is 16.4. The molecule has 3 N–H and O–H groups in total. The molecule has 2 heterocycles. The van der Waals surface area contributed by atoms with E-state index in [4.69, 9.17) is 9.52 Å². The van der Waals surface area contributed by atoms with Crippen molar-refractivity contribution in [3.8, 4) is 11.6 Å². The summed E-state index contributed by atoms with van der Waals surface area (Å²) in [6.07, 6.45) is 3.15. The molecule has 1 aromatic carbocycles. The van der Waals surface area contributed by atoms with Gasteiger partial charge in [0.05, 0.1) is 23.2 Å². The Morgan fingerprint density at radius 1 is 1.24 bits per heavy atom. The third-order valence-electron chi connectivity index (χ3n) is 4.66. The van der Waals surface area contributed by atoms with Crippen LogP contribution in [0, 0.1) is 11.8 Å². The Hall–Kier alpha value is -3.09. The van der Waals surface area contributed by atoms with Gasteiger partial charge in [0, 0.05) is 11.6 Å². The molecule has 1 aliphatic carbocycles. The summed E-state index contributed by atoms with van der Waals surface area (Å²) in [6, 6.07) is 9.04. The summed E-state index contributed by atoms with van der Waals surface area (Å²) in [5.41, 5.74) is 2.22. The highest BCUT2D eigenvalue weighted by molar-refractivity contribution is 5.95. The van der Waals surface area contributed by atoms with E-state index in [0.29, 0.717) is 36.5 Å². The molecule has 25 heavy (non-hydrogen) atoms. The second-order valence-electron chi connectivity index (χ2n) is 6.33. The lowest BCUT2D eigenvalue weighted by Gasteiger charge is -2.10. The molecule has 2 aromatic heterocycles. The van der Waals surface area contributed by atoms with Gasteiger partial charge in [-0.25, -0.2) is 4.98 Å². The Bertz CT molecular complexity index is 929. The highest BCUT2D eigenvalue weighted by Gasteiger charge is 2.33. The summed E-state index contributed by atoms with van der Waals surface area (Å²) in [6.45, 7) is 0. The van der Waals surface area contributed by atoms with E-state index in [9.17, 15) is 9.59 Å². The number of carboxylic acid groups (broad SMARTS) is 1. The first-order valence-electron chi connectivity index (χ1n) is 8.17. The van der Waals surface area contributed by atoms with Crippen molar-refractivity contribution >= 4 is 28.6 Å². The van der Waals surface area contributed by atoms with Gasteiger partial charge in [-0.2, -0.15) is 0 Å². The van der Waals surface area contributed by atoms with E-state index in [1.54, 1.807) is 18.4 Å². The zero-order valence-corrected chi connectivity index (χ0v) is 13.4. The fourth-order valence-electron chi connectivity index (χ4n) is 3.31. The number of anilines is 1. The molecule has 1 amide bonds. The molecule has 128 valence electrons. The second-order valence-corrected chi connectivity index (χ2v) is 6.33. The number of H-pyrrole nitrogens is 1. The number of hydrogen-bond acceptors (Lipinski definition) is 4. The molecule has 0 saturated heterocycles. The van der Waals surface area contributed by atoms with E-state index in [2.05, 4.69) is 15.3 Å². The summed E-state index contributed by atoms with van der Waals surface area (Å²) in [5, 5.41) is 11.9. The second kappa shape index (κ2) is 6.08. The summed E-state index contributed by atoms with van der Waals surface area (Å²) in [7, 11) is 0. The lowest BCUT2D eigenvalue weighted by molar-refractivity contribution is -0.141. The van der Waals surface area contributed by atoms with Crippen molar-refractivity contribution in [2.75, 3.05) is 5.32 Å². The summed E-state index contributed by atoms with van der Waals surface area (Å²) >= 11 is 0. The van der Waals surface area contributed by atoms with Gasteiger partial charge in [0.15, 0.2) is 11.6 Å². The van der Waals surface area contributed by atoms with Crippen molar-refractivity contribution in [3.63, 3.8) is 0 Å². The van der Waals surface area contributed by atoms with Crippen LogP contribution in [0.5, 0.6) is 0 Å². The predicted octanol–water partition coefficient (Wildman–Crippen LogP) is 3.26. The molecular weight excluding hydrogens is 322 g/mol. The van der Waals surface area contributed by atoms with E-state index < -0.39 is 11.9 Å². The van der Waals surface area contributed by atoms with Crippen molar-refractivity contribution in [3.05, 3.63) is 36.6 Å². The molecule has 7 heteroatoms. The number of aliphatic carboxylic acids is 1. The largest absolute Gasteiger partial charge is 0.481 e. The van der Waals surface area contributed by atoms with Crippen LogP contribution in [0.2, 0.25) is 0 Å². The van der Waals surface area contributed by atoms with E-state index in [-0.39, 0.29) is 11.8 Å². The number of aromatic nitrogens is 2. The molecule has 0 aliphatic heterocycles. The van der Waals surface area contributed by atoms with Crippen molar-refractivity contribution in [2.45, 2.75) is 19.3 Å². The number of benzene rings is 1. The fraction of sp³-hybridized carbons (Fsp3) is 0.278. The molecule has 3 aromatic rings. The van der Waals surface area contributed by atoms with Gasteiger partial charge in [-0.3, -0.25) is 9.59 Å². The van der Waals surface area contributed by atoms with Gasteiger partial charge >= 0.3 is 5.97 Å². The van der Waals surface area contributed by atoms with Gasteiger partial charge in [-0.1, -0.05) is 0 Å². The normalized spacial score (nSPS) is 20.0. The van der Waals surface area contributed by atoms with Gasteiger partial charge < -0.3 is 19.8 Å². The summed E-state index contributed by atoms with van der Waals surface area (Å²) in [4.78, 5) is 31.0. The van der Waals surface area contributed by atoms with Gasteiger partial charge in [-0.15, -0.1) is 0 Å². The molecule has 0 bridgehead atoms. The van der Waals surface area contributed by atoms with E-state index in [0.717, 1.165) is 11.0 Å². The van der Waals surface area contributed by atoms with Gasteiger partial charge in [0.2, 0.25) is 5.91 Å². The van der Waals surface area contributed by atoms with E-state index in [1.165, 1.54) is 0 Å². The maximum atomic E-state index is 12.4. The van der Waals surface area contributed by atoms with Crippen molar-refractivity contribution in [1.29, 1.82) is 0 Å². The number of nitrogens with one attached hydrogen (secondary N) is 2. The number of furan rings is 1. The van der Waals surface area contributed by atoms with Gasteiger partial charge in [0.1, 0.15) is 0 Å². The number of aromatic amines is 1. The first-order chi connectivity index (χ1) is 12.1. The zero-order valence-electron chi connectivity index (χ0n) is 13.4. The topological polar surface area (TPSA) is 108 Å². The summed E-state index contributed by atoms with van der Waals surface area (Å²) < 4.78 is 5.33. The van der Waals surface area contributed by atoms with Gasteiger partial charge in [0.25, 0.3) is 0 Å². The number of fused-ring (bicyclic) bond motifs is 1.